The van der Waals surface area contributed by atoms with Gasteiger partial charge in [-0.15, -0.1) is 0 Å². The van der Waals surface area contributed by atoms with Crippen molar-refractivity contribution < 1.29 is 19.1 Å². The molecule has 1 aliphatic rings. The number of hydrogen-bond donors (Lipinski definition) is 0. The molecule has 0 aromatic heterocycles. The summed E-state index contributed by atoms with van der Waals surface area (Å²) in [5.41, 5.74) is 2.01. The number of hydrogen-bond acceptors (Lipinski definition) is 5. The monoisotopic (exact) mass is 374 g/mol. The van der Waals surface area contributed by atoms with Crippen LogP contribution in [0.3, 0.4) is 0 Å². The molecular formula is C22H14O4S. The molecule has 0 amide bonds. The van der Waals surface area contributed by atoms with Gasteiger partial charge in [-0.25, -0.2) is 4.79 Å². The average Bonchev–Trinajstić information content (AvgIpc) is 2.72. The highest BCUT2D eigenvalue weighted by atomic mass is 32.2. The van der Waals surface area contributed by atoms with Crippen LogP contribution in [-0.4, -0.2) is 24.6 Å². The first-order valence-electron chi connectivity index (χ1n) is 8.28. The number of fused-ring (bicyclic) bond motifs is 2. The zero-order valence-corrected chi connectivity index (χ0v) is 15.2. The maximum Gasteiger partial charge on any atom is 0.339 e. The minimum absolute atomic E-state index is 0.163. The lowest BCUT2D eigenvalue weighted by molar-refractivity contribution is 0.0596. The molecule has 0 unspecified atom stereocenters. The molecule has 0 radical (unpaired) electrons. The summed E-state index contributed by atoms with van der Waals surface area (Å²) in [5, 5.41) is 0. The highest BCUT2D eigenvalue weighted by Gasteiger charge is 2.31. The Morgan fingerprint density at radius 2 is 1.33 bits per heavy atom. The molecule has 0 fully saturated rings. The lowest BCUT2D eigenvalue weighted by Gasteiger charge is -2.20. The topological polar surface area (TPSA) is 60.4 Å². The fraction of sp³-hybridized carbons (Fsp3) is 0.0455. The predicted octanol–water partition coefficient (Wildman–Crippen LogP) is 4.40. The van der Waals surface area contributed by atoms with Gasteiger partial charge in [0, 0.05) is 32.0 Å². The van der Waals surface area contributed by atoms with E-state index in [0.717, 1.165) is 0 Å². The normalized spacial score (nSPS) is 12.3. The second kappa shape index (κ2) is 6.85. The van der Waals surface area contributed by atoms with E-state index in [1.165, 1.54) is 18.9 Å². The Balaban J connectivity index is 1.84. The van der Waals surface area contributed by atoms with Crippen LogP contribution in [0, 0.1) is 0 Å². The van der Waals surface area contributed by atoms with Crippen molar-refractivity contribution >= 4 is 29.3 Å². The van der Waals surface area contributed by atoms with Gasteiger partial charge in [-0.05, 0) is 18.2 Å². The van der Waals surface area contributed by atoms with Gasteiger partial charge < -0.3 is 4.74 Å². The van der Waals surface area contributed by atoms with Gasteiger partial charge >= 0.3 is 5.97 Å². The molecule has 0 atom stereocenters. The van der Waals surface area contributed by atoms with Crippen molar-refractivity contribution in [1.29, 1.82) is 0 Å². The van der Waals surface area contributed by atoms with Gasteiger partial charge in [-0.2, -0.15) is 0 Å². The van der Waals surface area contributed by atoms with Crippen LogP contribution in [0.2, 0.25) is 0 Å². The second-order valence-electron chi connectivity index (χ2n) is 5.97. The van der Waals surface area contributed by atoms with Crippen molar-refractivity contribution in [2.75, 3.05) is 7.11 Å². The van der Waals surface area contributed by atoms with Crippen molar-refractivity contribution in [2.24, 2.45) is 0 Å². The number of esters is 1. The Kier molecular flexibility index (Phi) is 4.38. The summed E-state index contributed by atoms with van der Waals surface area (Å²) in [5.74, 6) is -0.793. The Morgan fingerprint density at radius 1 is 0.741 bits per heavy atom. The van der Waals surface area contributed by atoms with Gasteiger partial charge in [0.2, 0.25) is 0 Å². The molecule has 0 aliphatic heterocycles. The van der Waals surface area contributed by atoms with Crippen LogP contribution in [0.1, 0.15) is 42.2 Å². The summed E-state index contributed by atoms with van der Waals surface area (Å²) in [7, 11) is 1.33. The van der Waals surface area contributed by atoms with E-state index in [-0.39, 0.29) is 11.6 Å². The first-order valence-corrected chi connectivity index (χ1v) is 9.10. The molecule has 0 bridgehead atoms. The first-order chi connectivity index (χ1) is 13.1. The van der Waals surface area contributed by atoms with E-state index < -0.39 is 5.97 Å². The first kappa shape index (κ1) is 17.2. The highest BCUT2D eigenvalue weighted by molar-refractivity contribution is 7.99. The van der Waals surface area contributed by atoms with Gasteiger partial charge in [0.15, 0.2) is 11.6 Å². The van der Waals surface area contributed by atoms with E-state index in [1.54, 1.807) is 60.7 Å². The Bertz CT molecular complexity index is 1100. The number of carbonyl (C=O) groups excluding carboxylic acids is 3. The third-order valence-electron chi connectivity index (χ3n) is 4.43. The molecule has 1 aliphatic carbocycles. The van der Waals surface area contributed by atoms with E-state index in [9.17, 15) is 14.4 Å². The molecule has 3 aromatic carbocycles. The lowest BCUT2D eigenvalue weighted by atomic mass is 9.84. The summed E-state index contributed by atoms with van der Waals surface area (Å²) in [6, 6.07) is 19.1. The predicted molar refractivity (Wildman–Crippen MR) is 102 cm³/mol. The zero-order chi connectivity index (χ0) is 19.0. The molecule has 0 spiro atoms. The third-order valence-corrected chi connectivity index (χ3v) is 5.56. The van der Waals surface area contributed by atoms with Crippen molar-refractivity contribution in [3.63, 3.8) is 0 Å². The number of carbonyl (C=O) groups is 3. The fourth-order valence-electron chi connectivity index (χ4n) is 3.15. The van der Waals surface area contributed by atoms with E-state index in [2.05, 4.69) is 0 Å². The quantitative estimate of drug-likeness (QED) is 0.498. The van der Waals surface area contributed by atoms with E-state index in [1.807, 2.05) is 6.07 Å². The van der Waals surface area contributed by atoms with Crippen LogP contribution in [0.5, 0.6) is 0 Å². The lowest BCUT2D eigenvalue weighted by Crippen LogP contribution is -2.21. The summed E-state index contributed by atoms with van der Waals surface area (Å²) < 4.78 is 4.84. The number of methoxy groups -OCH3 is 1. The standard InChI is InChI=1S/C22H14O4S/c1-26-22(25)15-9-4-5-11-17(15)27-18-12-6-10-16-19(18)21(24)14-8-3-2-7-13(14)20(16)23/h2-12H,1H3. The largest absolute Gasteiger partial charge is 0.465 e. The minimum Gasteiger partial charge on any atom is -0.465 e. The van der Waals surface area contributed by atoms with Crippen LogP contribution in [0.15, 0.2) is 76.5 Å². The van der Waals surface area contributed by atoms with Crippen LogP contribution in [-0.2, 0) is 4.74 Å². The summed E-state index contributed by atoms with van der Waals surface area (Å²) in [6.45, 7) is 0. The molecule has 4 nitrogen and oxygen atoms in total. The molecule has 132 valence electrons. The van der Waals surface area contributed by atoms with Crippen LogP contribution in [0.25, 0.3) is 0 Å². The van der Waals surface area contributed by atoms with Crippen molar-refractivity contribution in [1.82, 2.24) is 0 Å². The molecule has 0 saturated carbocycles. The molecule has 0 saturated heterocycles. The molecule has 0 N–H and O–H groups in total. The van der Waals surface area contributed by atoms with Gasteiger partial charge in [0.05, 0.1) is 12.7 Å². The van der Waals surface area contributed by atoms with Gasteiger partial charge in [-0.1, -0.05) is 60.3 Å². The SMILES string of the molecule is COC(=O)c1ccccc1Sc1cccc2c1C(=O)c1ccccc1C2=O. The molecule has 5 heteroatoms. The van der Waals surface area contributed by atoms with Crippen molar-refractivity contribution in [3.05, 3.63) is 94.5 Å². The fourth-order valence-corrected chi connectivity index (χ4v) is 4.25. The molecule has 27 heavy (non-hydrogen) atoms. The van der Waals surface area contributed by atoms with Gasteiger partial charge in [-0.3, -0.25) is 9.59 Å². The molecular weight excluding hydrogens is 360 g/mol. The van der Waals surface area contributed by atoms with Gasteiger partial charge in [0.25, 0.3) is 0 Å². The van der Waals surface area contributed by atoms with Crippen LogP contribution < -0.4 is 0 Å². The van der Waals surface area contributed by atoms with Crippen LogP contribution >= 0.6 is 11.8 Å². The van der Waals surface area contributed by atoms with E-state index in [0.29, 0.717) is 37.6 Å². The van der Waals surface area contributed by atoms with Gasteiger partial charge in [0.1, 0.15) is 0 Å². The summed E-state index contributed by atoms with van der Waals surface area (Å²) >= 11 is 1.28. The molecule has 3 aromatic rings. The molecule has 4 rings (SSSR count). The smallest absolute Gasteiger partial charge is 0.339 e. The average molecular weight is 374 g/mol. The minimum atomic E-state index is -0.448. The second-order valence-corrected chi connectivity index (χ2v) is 7.06. The Morgan fingerprint density at radius 3 is 2.07 bits per heavy atom. The van der Waals surface area contributed by atoms with E-state index in [4.69, 9.17) is 4.74 Å². The highest BCUT2D eigenvalue weighted by Crippen LogP contribution is 2.38. The number of ketones is 2. The number of benzene rings is 3. The van der Waals surface area contributed by atoms with Crippen LogP contribution in [0.4, 0.5) is 0 Å². The van der Waals surface area contributed by atoms with Crippen molar-refractivity contribution in [2.45, 2.75) is 9.79 Å². The summed E-state index contributed by atoms with van der Waals surface area (Å²) in [4.78, 5) is 39.3. The summed E-state index contributed by atoms with van der Waals surface area (Å²) in [6.07, 6.45) is 0. The maximum atomic E-state index is 13.1. The maximum absolute atomic E-state index is 13.1. The van der Waals surface area contributed by atoms with E-state index >= 15 is 0 Å². The van der Waals surface area contributed by atoms with Crippen molar-refractivity contribution in [3.8, 4) is 0 Å². The third kappa shape index (κ3) is 2.86. The Hall–Kier alpha value is -3.18. The number of rotatable bonds is 3. The molecule has 0 heterocycles. The Labute approximate surface area is 160 Å². The zero-order valence-electron chi connectivity index (χ0n) is 14.4. The number of ether oxygens (including phenoxy) is 1.